The van der Waals surface area contributed by atoms with E-state index in [1.807, 2.05) is 83.3 Å². The number of ether oxygens (including phenoxy) is 1. The molecule has 0 atom stereocenters. The summed E-state index contributed by atoms with van der Waals surface area (Å²) >= 11 is 1.94. The van der Waals surface area contributed by atoms with Gasteiger partial charge in [-0.25, -0.2) is 14.2 Å². The third kappa shape index (κ3) is 5.90. The number of piperidine rings is 1. The monoisotopic (exact) mass is 669 g/mol. The zero-order chi connectivity index (χ0) is 29.0. The van der Waals surface area contributed by atoms with Crippen molar-refractivity contribution >= 4 is 46.5 Å². The van der Waals surface area contributed by atoms with Gasteiger partial charge in [-0.15, -0.1) is 0 Å². The average molecular weight is 669 g/mol. The van der Waals surface area contributed by atoms with E-state index in [0.717, 1.165) is 0 Å². The largest absolute Gasteiger partial charge is 0.439 e. The molecular weight excluding hydrogens is 640 g/mol. The van der Waals surface area contributed by atoms with E-state index in [9.17, 15) is 18.8 Å². The smallest absolute Gasteiger partial charge is 0.408 e. The molecule has 9 nitrogen and oxygen atoms in total. The summed E-state index contributed by atoms with van der Waals surface area (Å²) in [6.07, 6.45) is 0.628. The lowest BCUT2D eigenvalue weighted by Gasteiger charge is -2.32. The number of benzene rings is 3. The number of guanidine groups is 1. The molecule has 3 aromatic rings. The van der Waals surface area contributed by atoms with Gasteiger partial charge < -0.3 is 20.7 Å². The fourth-order valence-electron chi connectivity index (χ4n) is 5.35. The number of rotatable bonds is 7. The van der Waals surface area contributed by atoms with Crippen molar-refractivity contribution < 1.29 is 23.5 Å². The number of likely N-dealkylation sites (tertiary alicyclic amines) is 1. The maximum Gasteiger partial charge on any atom is 0.408 e. The second kappa shape index (κ2) is 12.2. The Morgan fingerprint density at radius 1 is 1.02 bits per heavy atom. The maximum atomic E-state index is 14.8. The third-order valence-electron chi connectivity index (χ3n) is 7.33. The number of halogens is 2. The summed E-state index contributed by atoms with van der Waals surface area (Å²) in [6.45, 7) is 0.750. The number of nitrogens with one attached hydrogen (secondary N) is 1. The average Bonchev–Trinajstić information content (AvgIpc) is 3.23. The van der Waals surface area contributed by atoms with Gasteiger partial charge in [0, 0.05) is 24.7 Å². The predicted octanol–water partition coefficient (Wildman–Crippen LogP) is 4.15. The minimum Gasteiger partial charge on any atom is -0.439 e. The summed E-state index contributed by atoms with van der Waals surface area (Å²) in [5.41, 5.74) is 6.87. The molecule has 0 aliphatic carbocycles. The Balaban J connectivity index is 1.35. The molecule has 0 aromatic heterocycles. The molecule has 3 amide bonds. The van der Waals surface area contributed by atoms with E-state index in [2.05, 4.69) is 10.3 Å². The lowest BCUT2D eigenvalue weighted by Crippen LogP contribution is -2.46. The highest BCUT2D eigenvalue weighted by molar-refractivity contribution is 14.1. The first-order valence-corrected chi connectivity index (χ1v) is 14.7. The molecule has 3 aromatic carbocycles. The van der Waals surface area contributed by atoms with Crippen LogP contribution in [0.3, 0.4) is 0 Å². The van der Waals surface area contributed by atoms with Gasteiger partial charge in [-0.3, -0.25) is 14.5 Å². The van der Waals surface area contributed by atoms with Gasteiger partial charge in [0.25, 0.3) is 11.8 Å². The quantitative estimate of drug-likeness (QED) is 0.290. The van der Waals surface area contributed by atoms with E-state index in [1.165, 1.54) is 17.0 Å². The van der Waals surface area contributed by atoms with E-state index in [-0.39, 0.29) is 40.5 Å². The van der Waals surface area contributed by atoms with Crippen molar-refractivity contribution in [1.29, 1.82) is 0 Å². The lowest BCUT2D eigenvalue weighted by atomic mass is 9.83. The summed E-state index contributed by atoms with van der Waals surface area (Å²) in [6, 6.07) is 22.3. The zero-order valence-corrected chi connectivity index (χ0v) is 24.3. The molecule has 0 unspecified atom stereocenters. The van der Waals surface area contributed by atoms with Gasteiger partial charge in [-0.05, 0) is 70.3 Å². The Kier molecular flexibility index (Phi) is 8.52. The molecule has 5 rings (SSSR count). The number of aliphatic imine (C=N–C) groups is 1. The summed E-state index contributed by atoms with van der Waals surface area (Å²) in [5, 5.41) is 2.79. The molecule has 2 heterocycles. The van der Waals surface area contributed by atoms with Crippen molar-refractivity contribution in [3.05, 3.63) is 107 Å². The van der Waals surface area contributed by atoms with Crippen molar-refractivity contribution in [1.82, 2.24) is 15.1 Å². The van der Waals surface area contributed by atoms with Gasteiger partial charge in [0.15, 0.2) is 11.5 Å². The Morgan fingerprint density at radius 3 is 2.22 bits per heavy atom. The van der Waals surface area contributed by atoms with Crippen LogP contribution in [0, 0.1) is 5.82 Å². The fraction of sp³-hybridized carbons (Fsp3) is 0.267. The summed E-state index contributed by atoms with van der Waals surface area (Å²) in [7, 11) is 0. The molecule has 1 fully saturated rings. The van der Waals surface area contributed by atoms with Crippen LogP contribution in [-0.2, 0) is 21.6 Å². The van der Waals surface area contributed by atoms with Gasteiger partial charge in [-0.1, -0.05) is 60.7 Å². The number of amides is 3. The zero-order valence-electron chi connectivity index (χ0n) is 22.1. The highest BCUT2D eigenvalue weighted by Crippen LogP contribution is 2.40. The van der Waals surface area contributed by atoms with E-state index in [1.54, 1.807) is 11.0 Å². The molecule has 2 aliphatic rings. The first-order valence-electron chi connectivity index (χ1n) is 13.2. The molecule has 0 radical (unpaired) electrons. The molecule has 2 aliphatic heterocycles. The van der Waals surface area contributed by atoms with Crippen LogP contribution >= 0.6 is 22.6 Å². The van der Waals surface area contributed by atoms with E-state index in [0.29, 0.717) is 42.6 Å². The number of nitrogens with two attached hydrogens (primary N) is 1. The van der Waals surface area contributed by atoms with Crippen LogP contribution in [0.15, 0.2) is 83.9 Å². The Bertz CT molecular complexity index is 1420. The molecule has 0 bridgehead atoms. The third-order valence-corrected chi connectivity index (χ3v) is 7.64. The first kappa shape index (κ1) is 28.5. The van der Waals surface area contributed by atoms with E-state index in [4.69, 9.17) is 10.5 Å². The fourth-order valence-corrected chi connectivity index (χ4v) is 5.63. The van der Waals surface area contributed by atoms with Crippen LogP contribution in [0.25, 0.3) is 0 Å². The highest BCUT2D eigenvalue weighted by Gasteiger charge is 2.50. The number of hydrogen-bond acceptors (Lipinski definition) is 6. The molecule has 0 saturated carbocycles. The SMILES string of the molecule is NC1=NC(c2ccccc2)(c2ccccc2)C(=O)N1Cc1cc(F)cc(C(=O)N2CCC(NC(=O)OCI)CC2)c1. The minimum atomic E-state index is -1.37. The molecule has 0 spiro atoms. The first-order chi connectivity index (χ1) is 19.8. The molecule has 3 N–H and O–H groups in total. The molecule has 212 valence electrons. The number of nitrogens with zero attached hydrogens (tertiary/aromatic N) is 3. The standard InChI is InChI=1S/C30H29FIN5O4/c31-24-16-20(15-21(17-24)26(38)36-13-11-25(12-14-36)34-29(40)41-19-32)18-37-27(39)30(35-28(37)33,22-7-3-1-4-8-22)23-9-5-2-6-10-23/h1-10,15-17,25H,11-14,18-19H2,(H2,33,35)(H,34,40). The lowest BCUT2D eigenvalue weighted by molar-refractivity contribution is -0.130. The minimum absolute atomic E-state index is 0.00973. The second-order valence-corrected chi connectivity index (χ2v) is 10.5. The highest BCUT2D eigenvalue weighted by atomic mass is 127. The number of carbonyl (C=O) groups is 3. The van der Waals surface area contributed by atoms with E-state index >= 15 is 0 Å². The molecule has 41 heavy (non-hydrogen) atoms. The van der Waals surface area contributed by atoms with Crippen LogP contribution in [0.1, 0.15) is 39.9 Å². The van der Waals surface area contributed by atoms with Gasteiger partial charge in [0.05, 0.1) is 6.54 Å². The topological polar surface area (TPSA) is 117 Å². The van der Waals surface area contributed by atoms with Crippen molar-refractivity contribution in [2.75, 3.05) is 17.7 Å². The molecular formula is C30H29FIN5O4. The molecule has 11 heteroatoms. The molecule has 1 saturated heterocycles. The normalized spacial score (nSPS) is 16.8. The van der Waals surface area contributed by atoms with Crippen LogP contribution in [0.5, 0.6) is 0 Å². The number of carbonyl (C=O) groups excluding carboxylic acids is 3. The number of hydrogen-bond donors (Lipinski definition) is 2. The van der Waals surface area contributed by atoms with Gasteiger partial charge in [0.2, 0.25) is 0 Å². The summed E-state index contributed by atoms with van der Waals surface area (Å²) in [4.78, 5) is 46.7. The second-order valence-electron chi connectivity index (χ2n) is 9.90. The van der Waals surface area contributed by atoms with Gasteiger partial charge in [-0.2, -0.15) is 0 Å². The maximum absolute atomic E-state index is 14.8. The number of alkyl halides is 1. The van der Waals surface area contributed by atoms with Crippen LogP contribution < -0.4 is 11.1 Å². The summed E-state index contributed by atoms with van der Waals surface area (Å²) < 4.78 is 20.0. The van der Waals surface area contributed by atoms with Crippen LogP contribution in [0.4, 0.5) is 9.18 Å². The van der Waals surface area contributed by atoms with Gasteiger partial charge in [0.1, 0.15) is 10.4 Å². The van der Waals surface area contributed by atoms with Crippen molar-refractivity contribution in [2.24, 2.45) is 10.7 Å². The Hall–Kier alpha value is -4.00. The predicted molar refractivity (Wildman–Crippen MR) is 160 cm³/mol. The van der Waals surface area contributed by atoms with Crippen molar-refractivity contribution in [2.45, 2.75) is 31.0 Å². The van der Waals surface area contributed by atoms with Gasteiger partial charge >= 0.3 is 6.09 Å². The van der Waals surface area contributed by atoms with Crippen molar-refractivity contribution in [3.63, 3.8) is 0 Å². The van der Waals surface area contributed by atoms with Crippen molar-refractivity contribution in [3.8, 4) is 0 Å². The van der Waals surface area contributed by atoms with Crippen LogP contribution in [-0.4, -0.2) is 57.4 Å². The Morgan fingerprint density at radius 2 is 1.63 bits per heavy atom. The van der Waals surface area contributed by atoms with Crippen LogP contribution in [0.2, 0.25) is 0 Å². The Labute approximate surface area is 250 Å². The number of alkyl carbamates (subject to hydrolysis) is 1. The summed E-state index contributed by atoms with van der Waals surface area (Å²) in [5.74, 6) is -1.27. The van der Waals surface area contributed by atoms with E-state index < -0.39 is 17.4 Å².